The fourth-order valence-electron chi connectivity index (χ4n) is 1.22. The van der Waals surface area contributed by atoms with Crippen molar-refractivity contribution in [2.24, 2.45) is 0 Å². The normalized spacial score (nSPS) is 9.89. The lowest BCUT2D eigenvalue weighted by Gasteiger charge is -2.02. The molecule has 2 aromatic heterocycles. The average molecular weight is 263 g/mol. The maximum atomic E-state index is 11.5. The van der Waals surface area contributed by atoms with Crippen molar-refractivity contribution in [2.45, 2.75) is 6.54 Å². The van der Waals surface area contributed by atoms with Crippen LogP contribution in [0.5, 0.6) is 0 Å². The molecule has 0 atom stereocenters. The second-order valence-electron chi connectivity index (χ2n) is 3.37. The molecule has 2 rings (SSSR count). The summed E-state index contributed by atoms with van der Waals surface area (Å²) in [5.41, 5.74) is 0.350. The van der Waals surface area contributed by atoms with E-state index in [4.69, 9.17) is 5.11 Å². The lowest BCUT2D eigenvalue weighted by molar-refractivity contribution is -0.137. The summed E-state index contributed by atoms with van der Waals surface area (Å²) < 4.78 is 1.18. The molecular weight excluding hydrogens is 254 g/mol. The number of anilines is 2. The smallest absolute Gasteiger partial charge is 0.326 e. The van der Waals surface area contributed by atoms with E-state index in [1.165, 1.54) is 29.5 Å². The van der Waals surface area contributed by atoms with Crippen LogP contribution in [-0.4, -0.2) is 42.1 Å². The second kappa shape index (κ2) is 5.53. The predicted molar refractivity (Wildman–Crippen MR) is 62.3 cm³/mol. The van der Waals surface area contributed by atoms with Gasteiger partial charge in [0.2, 0.25) is 0 Å². The van der Waals surface area contributed by atoms with E-state index >= 15 is 0 Å². The number of hydrogen-bond donors (Lipinski definition) is 3. The van der Waals surface area contributed by atoms with Crippen LogP contribution in [0.1, 0.15) is 0 Å². The monoisotopic (exact) mass is 263 g/mol. The highest BCUT2D eigenvalue weighted by molar-refractivity contribution is 5.98. The zero-order valence-corrected chi connectivity index (χ0v) is 9.52. The van der Waals surface area contributed by atoms with Crippen LogP contribution in [-0.2, 0) is 11.3 Å². The molecular formula is C9H9N7O3. The molecule has 0 unspecified atom stereocenters. The van der Waals surface area contributed by atoms with Crippen molar-refractivity contribution in [1.29, 1.82) is 0 Å². The van der Waals surface area contributed by atoms with Crippen LogP contribution in [0.2, 0.25) is 0 Å². The van der Waals surface area contributed by atoms with Gasteiger partial charge in [-0.3, -0.25) is 14.8 Å². The van der Waals surface area contributed by atoms with Gasteiger partial charge in [0.25, 0.3) is 5.95 Å². The van der Waals surface area contributed by atoms with Gasteiger partial charge in [-0.1, -0.05) is 0 Å². The molecule has 3 N–H and O–H groups in total. The first kappa shape index (κ1) is 12.4. The predicted octanol–water partition coefficient (Wildman–Crippen LogP) is -0.203. The van der Waals surface area contributed by atoms with E-state index in [0.29, 0.717) is 5.69 Å². The number of rotatable bonds is 4. The van der Waals surface area contributed by atoms with Crippen molar-refractivity contribution in [3.63, 3.8) is 0 Å². The van der Waals surface area contributed by atoms with E-state index < -0.39 is 12.0 Å². The lowest BCUT2D eigenvalue weighted by Crippen LogP contribution is -2.20. The summed E-state index contributed by atoms with van der Waals surface area (Å²) in [4.78, 5) is 25.7. The Kier molecular flexibility index (Phi) is 3.61. The van der Waals surface area contributed by atoms with Crippen LogP contribution in [0.4, 0.5) is 16.4 Å². The summed E-state index contributed by atoms with van der Waals surface area (Å²) in [6, 6.07) is -0.581. The number of nitrogens with zero attached hydrogens (tertiary/aromatic N) is 5. The summed E-state index contributed by atoms with van der Waals surface area (Å²) in [6.07, 6.45) is 5.47. The van der Waals surface area contributed by atoms with E-state index in [9.17, 15) is 9.59 Å². The quantitative estimate of drug-likeness (QED) is 0.694. The van der Waals surface area contributed by atoms with Gasteiger partial charge in [0.15, 0.2) is 0 Å². The van der Waals surface area contributed by atoms with Gasteiger partial charge in [0.05, 0.1) is 24.3 Å². The molecule has 10 heteroatoms. The molecule has 2 heterocycles. The molecule has 0 fully saturated rings. The number of nitrogens with one attached hydrogen (secondary N) is 2. The van der Waals surface area contributed by atoms with Crippen LogP contribution in [0.3, 0.4) is 0 Å². The number of carbonyl (C=O) groups is 2. The van der Waals surface area contributed by atoms with Gasteiger partial charge in [-0.2, -0.15) is 10.2 Å². The highest BCUT2D eigenvalue weighted by Gasteiger charge is 2.07. The SMILES string of the molecule is O=C(O)Cn1cc(NC(=O)Nc2nccnn2)cn1. The van der Waals surface area contributed by atoms with Crippen molar-refractivity contribution in [3.05, 3.63) is 24.8 Å². The van der Waals surface area contributed by atoms with Gasteiger partial charge in [-0.15, -0.1) is 5.10 Å². The van der Waals surface area contributed by atoms with Gasteiger partial charge >= 0.3 is 12.0 Å². The number of aliphatic carboxylic acids is 1. The number of carboxylic acid groups (broad SMARTS) is 1. The molecule has 19 heavy (non-hydrogen) atoms. The van der Waals surface area contributed by atoms with Crippen molar-refractivity contribution in [3.8, 4) is 0 Å². The number of urea groups is 1. The lowest BCUT2D eigenvalue weighted by atomic mass is 10.5. The molecule has 2 amide bonds. The van der Waals surface area contributed by atoms with Crippen molar-refractivity contribution in [2.75, 3.05) is 10.6 Å². The third-order valence-corrected chi connectivity index (χ3v) is 1.90. The van der Waals surface area contributed by atoms with Gasteiger partial charge < -0.3 is 10.4 Å². The first-order valence-corrected chi connectivity index (χ1v) is 5.09. The van der Waals surface area contributed by atoms with E-state index in [0.717, 1.165) is 0 Å². The van der Waals surface area contributed by atoms with E-state index in [-0.39, 0.29) is 12.5 Å². The molecule has 0 aliphatic rings. The number of carboxylic acids is 1. The number of amides is 2. The first-order valence-electron chi connectivity index (χ1n) is 5.09. The maximum Gasteiger partial charge on any atom is 0.326 e. The van der Waals surface area contributed by atoms with E-state index in [1.807, 2.05) is 0 Å². The van der Waals surface area contributed by atoms with Crippen LogP contribution >= 0.6 is 0 Å². The Labute approximate surface area is 106 Å². The summed E-state index contributed by atoms with van der Waals surface area (Å²) in [5, 5.41) is 24.3. The molecule has 0 saturated carbocycles. The molecule has 0 aliphatic heterocycles. The Morgan fingerprint density at radius 3 is 2.84 bits per heavy atom. The van der Waals surface area contributed by atoms with Crippen molar-refractivity contribution < 1.29 is 14.7 Å². The average Bonchev–Trinajstić information content (AvgIpc) is 2.76. The second-order valence-corrected chi connectivity index (χ2v) is 3.37. The molecule has 0 saturated heterocycles. The third kappa shape index (κ3) is 3.73. The van der Waals surface area contributed by atoms with Crippen LogP contribution in [0, 0.1) is 0 Å². The summed E-state index contributed by atoms with van der Waals surface area (Å²) in [5.74, 6) is -0.971. The first-order chi connectivity index (χ1) is 9.13. The van der Waals surface area contributed by atoms with Gasteiger partial charge in [-0.25, -0.2) is 9.78 Å². The Balaban J connectivity index is 1.92. The molecule has 0 bridgehead atoms. The molecule has 2 aromatic rings. The Hall–Kier alpha value is -3.04. The minimum atomic E-state index is -1.03. The van der Waals surface area contributed by atoms with Crippen LogP contribution in [0.15, 0.2) is 24.8 Å². The highest BCUT2D eigenvalue weighted by atomic mass is 16.4. The van der Waals surface area contributed by atoms with Gasteiger partial charge in [0.1, 0.15) is 6.54 Å². The largest absolute Gasteiger partial charge is 0.480 e. The van der Waals surface area contributed by atoms with Gasteiger partial charge in [-0.05, 0) is 0 Å². The topological polar surface area (TPSA) is 135 Å². The highest BCUT2D eigenvalue weighted by Crippen LogP contribution is 2.05. The van der Waals surface area contributed by atoms with E-state index in [2.05, 4.69) is 30.9 Å². The maximum absolute atomic E-state index is 11.5. The molecule has 0 spiro atoms. The summed E-state index contributed by atoms with van der Waals surface area (Å²) >= 11 is 0. The fraction of sp³-hybridized carbons (Fsp3) is 0.111. The summed E-state index contributed by atoms with van der Waals surface area (Å²) in [6.45, 7) is -0.283. The number of carbonyl (C=O) groups excluding carboxylic acids is 1. The summed E-state index contributed by atoms with van der Waals surface area (Å²) in [7, 11) is 0. The minimum absolute atomic E-state index is 0.0536. The number of hydrogen-bond acceptors (Lipinski definition) is 6. The van der Waals surface area contributed by atoms with Gasteiger partial charge in [0, 0.05) is 6.20 Å². The fourth-order valence-corrected chi connectivity index (χ4v) is 1.22. The molecule has 0 radical (unpaired) electrons. The van der Waals surface area contributed by atoms with Crippen LogP contribution < -0.4 is 10.6 Å². The van der Waals surface area contributed by atoms with E-state index in [1.54, 1.807) is 0 Å². The standard InChI is InChI=1S/C9H9N7O3/c17-7(18)5-16-4-6(3-12-16)13-9(19)14-8-10-1-2-11-15-8/h1-4H,5H2,(H,17,18)(H2,10,13,14,15,19). The molecule has 0 aromatic carbocycles. The Bertz CT molecular complexity index is 583. The zero-order chi connectivity index (χ0) is 13.7. The Morgan fingerprint density at radius 2 is 2.16 bits per heavy atom. The van der Waals surface area contributed by atoms with Crippen LogP contribution in [0.25, 0.3) is 0 Å². The zero-order valence-electron chi connectivity index (χ0n) is 9.52. The van der Waals surface area contributed by atoms with Crippen molar-refractivity contribution in [1.82, 2.24) is 25.0 Å². The molecule has 10 nitrogen and oxygen atoms in total. The minimum Gasteiger partial charge on any atom is -0.480 e. The Morgan fingerprint density at radius 1 is 1.32 bits per heavy atom. The molecule has 0 aliphatic carbocycles. The van der Waals surface area contributed by atoms with Crippen molar-refractivity contribution >= 4 is 23.6 Å². The number of aromatic nitrogens is 5. The third-order valence-electron chi connectivity index (χ3n) is 1.90. The molecule has 98 valence electrons.